The maximum Gasteiger partial charge on any atom is 0.344 e. The van der Waals surface area contributed by atoms with E-state index in [0.717, 1.165) is 12.0 Å². The highest BCUT2D eigenvalue weighted by Gasteiger charge is 2.10. The van der Waals surface area contributed by atoms with Gasteiger partial charge in [0.15, 0.2) is 18.1 Å². The maximum absolute atomic E-state index is 11.4. The largest absolute Gasteiger partial charge is 0.493 e. The lowest BCUT2D eigenvalue weighted by molar-refractivity contribution is -0.149. The number of methoxy groups -OCH3 is 1. The van der Waals surface area contributed by atoms with E-state index in [9.17, 15) is 4.79 Å². The fourth-order valence-corrected chi connectivity index (χ4v) is 1.59. The molecule has 5 nitrogen and oxygen atoms in total. The van der Waals surface area contributed by atoms with E-state index in [1.165, 1.54) is 0 Å². The summed E-state index contributed by atoms with van der Waals surface area (Å²) in [5, 5.41) is 0. The van der Waals surface area contributed by atoms with E-state index >= 15 is 0 Å². The van der Waals surface area contributed by atoms with Gasteiger partial charge in [0.05, 0.1) is 13.2 Å². The first-order valence-electron chi connectivity index (χ1n) is 6.26. The summed E-state index contributed by atoms with van der Waals surface area (Å²) in [4.78, 5) is 11.4. The molecule has 0 spiro atoms. The van der Waals surface area contributed by atoms with Gasteiger partial charge in [-0.2, -0.15) is 0 Å². The normalized spacial score (nSPS) is 10.4. The van der Waals surface area contributed by atoms with Crippen molar-refractivity contribution < 1.29 is 19.0 Å². The minimum atomic E-state index is -0.402. The molecule has 19 heavy (non-hydrogen) atoms. The third kappa shape index (κ3) is 5.18. The van der Waals surface area contributed by atoms with Crippen molar-refractivity contribution in [3.8, 4) is 11.5 Å². The second-order valence-electron chi connectivity index (χ2n) is 4.35. The van der Waals surface area contributed by atoms with E-state index in [1.54, 1.807) is 27.0 Å². The molecule has 5 heteroatoms. The Balaban J connectivity index is 2.69. The molecule has 106 valence electrons. The fraction of sp³-hybridized carbons (Fsp3) is 0.500. The van der Waals surface area contributed by atoms with Crippen molar-refractivity contribution in [1.82, 2.24) is 0 Å². The van der Waals surface area contributed by atoms with Crippen LogP contribution in [0, 0.1) is 0 Å². The highest BCUT2D eigenvalue weighted by Crippen LogP contribution is 2.28. The van der Waals surface area contributed by atoms with Crippen molar-refractivity contribution in [1.29, 1.82) is 0 Å². The Morgan fingerprint density at radius 3 is 2.63 bits per heavy atom. The molecule has 1 aromatic carbocycles. The lowest BCUT2D eigenvalue weighted by Gasteiger charge is -2.13. The number of hydrogen-bond acceptors (Lipinski definition) is 5. The zero-order chi connectivity index (χ0) is 14.3. The Morgan fingerprint density at radius 1 is 1.32 bits per heavy atom. The van der Waals surface area contributed by atoms with Gasteiger partial charge in [-0.3, -0.25) is 0 Å². The van der Waals surface area contributed by atoms with Crippen LogP contribution in [0.4, 0.5) is 0 Å². The summed E-state index contributed by atoms with van der Waals surface area (Å²) < 4.78 is 15.6. The second-order valence-corrected chi connectivity index (χ2v) is 4.35. The zero-order valence-electron chi connectivity index (χ0n) is 11.6. The molecule has 0 aromatic heterocycles. The minimum Gasteiger partial charge on any atom is -0.493 e. The Morgan fingerprint density at radius 2 is 2.05 bits per heavy atom. The summed E-state index contributed by atoms with van der Waals surface area (Å²) in [5.74, 6) is 0.702. The van der Waals surface area contributed by atoms with Crippen LogP contribution in [0.1, 0.15) is 19.4 Å². The van der Waals surface area contributed by atoms with Crippen LogP contribution in [0.15, 0.2) is 18.2 Å². The Bertz CT molecular complexity index is 418. The summed E-state index contributed by atoms with van der Waals surface area (Å²) in [7, 11) is 1.55. The van der Waals surface area contributed by atoms with Crippen LogP contribution in [0.25, 0.3) is 0 Å². The molecule has 0 heterocycles. The molecular formula is C14H21NO4. The number of ether oxygens (including phenoxy) is 3. The van der Waals surface area contributed by atoms with Crippen LogP contribution in [-0.2, 0) is 16.0 Å². The number of rotatable bonds is 7. The van der Waals surface area contributed by atoms with Gasteiger partial charge in [-0.05, 0) is 44.5 Å². The van der Waals surface area contributed by atoms with Gasteiger partial charge >= 0.3 is 5.97 Å². The van der Waals surface area contributed by atoms with Gasteiger partial charge < -0.3 is 19.9 Å². The molecule has 0 aliphatic rings. The van der Waals surface area contributed by atoms with Gasteiger partial charge in [0.25, 0.3) is 0 Å². The van der Waals surface area contributed by atoms with Crippen LogP contribution < -0.4 is 15.2 Å². The third-order valence-corrected chi connectivity index (χ3v) is 2.37. The average Bonchev–Trinajstić information content (AvgIpc) is 2.36. The molecule has 1 rings (SSSR count). The Kier molecular flexibility index (Phi) is 6.15. The van der Waals surface area contributed by atoms with Gasteiger partial charge in [-0.15, -0.1) is 0 Å². The summed E-state index contributed by atoms with van der Waals surface area (Å²) in [5.41, 5.74) is 6.55. The molecule has 0 aliphatic heterocycles. The van der Waals surface area contributed by atoms with Crippen LogP contribution >= 0.6 is 0 Å². The quantitative estimate of drug-likeness (QED) is 0.758. The minimum absolute atomic E-state index is 0.138. The van der Waals surface area contributed by atoms with E-state index < -0.39 is 5.97 Å². The molecule has 2 N–H and O–H groups in total. The van der Waals surface area contributed by atoms with E-state index in [1.807, 2.05) is 12.1 Å². The number of carbonyl (C=O) groups is 1. The number of nitrogens with two attached hydrogens (primary N) is 1. The molecule has 0 amide bonds. The summed E-state index contributed by atoms with van der Waals surface area (Å²) >= 11 is 0. The molecule has 0 bridgehead atoms. The van der Waals surface area contributed by atoms with Crippen molar-refractivity contribution in [2.45, 2.75) is 26.4 Å². The van der Waals surface area contributed by atoms with Gasteiger partial charge in [0, 0.05) is 0 Å². The van der Waals surface area contributed by atoms with E-state index in [-0.39, 0.29) is 12.7 Å². The number of esters is 1. The molecule has 0 aliphatic carbocycles. The summed E-state index contributed by atoms with van der Waals surface area (Å²) in [6, 6.07) is 5.55. The van der Waals surface area contributed by atoms with Gasteiger partial charge in [-0.25, -0.2) is 4.79 Å². The SMILES string of the molecule is COc1ccc(CCN)cc1OCC(=O)OC(C)C. The van der Waals surface area contributed by atoms with Crippen molar-refractivity contribution in [2.75, 3.05) is 20.3 Å². The van der Waals surface area contributed by atoms with E-state index in [0.29, 0.717) is 18.0 Å². The zero-order valence-corrected chi connectivity index (χ0v) is 11.6. The number of hydrogen-bond donors (Lipinski definition) is 1. The predicted octanol–water partition coefficient (Wildman–Crippen LogP) is 1.53. The van der Waals surface area contributed by atoms with Crippen molar-refractivity contribution >= 4 is 5.97 Å². The fourth-order valence-electron chi connectivity index (χ4n) is 1.59. The monoisotopic (exact) mass is 267 g/mol. The lowest BCUT2D eigenvalue weighted by atomic mass is 10.1. The highest BCUT2D eigenvalue weighted by atomic mass is 16.6. The first-order valence-corrected chi connectivity index (χ1v) is 6.26. The Labute approximate surface area is 113 Å². The average molecular weight is 267 g/mol. The number of carbonyl (C=O) groups excluding carboxylic acids is 1. The summed E-state index contributed by atoms with van der Waals surface area (Å²) in [6.45, 7) is 4.00. The summed E-state index contributed by atoms with van der Waals surface area (Å²) in [6.07, 6.45) is 0.595. The Hall–Kier alpha value is -1.75. The molecular weight excluding hydrogens is 246 g/mol. The maximum atomic E-state index is 11.4. The van der Waals surface area contributed by atoms with Crippen molar-refractivity contribution in [3.05, 3.63) is 23.8 Å². The molecule has 1 aromatic rings. The van der Waals surface area contributed by atoms with Crippen molar-refractivity contribution in [2.24, 2.45) is 5.73 Å². The first kappa shape index (κ1) is 15.3. The molecule has 0 saturated heterocycles. The van der Waals surface area contributed by atoms with Gasteiger partial charge in [0.1, 0.15) is 0 Å². The van der Waals surface area contributed by atoms with Crippen molar-refractivity contribution in [3.63, 3.8) is 0 Å². The molecule has 0 fully saturated rings. The van der Waals surface area contributed by atoms with Gasteiger partial charge in [0.2, 0.25) is 0 Å². The third-order valence-electron chi connectivity index (χ3n) is 2.37. The number of benzene rings is 1. The standard InChI is InChI=1S/C14H21NO4/c1-10(2)19-14(16)9-18-13-8-11(6-7-15)4-5-12(13)17-3/h4-5,8,10H,6-7,9,15H2,1-3H3. The van der Waals surface area contributed by atoms with E-state index in [2.05, 4.69) is 0 Å². The second kappa shape index (κ2) is 7.63. The van der Waals surface area contributed by atoms with Crippen LogP contribution in [0.5, 0.6) is 11.5 Å². The molecule has 0 atom stereocenters. The topological polar surface area (TPSA) is 70.8 Å². The molecule has 0 radical (unpaired) electrons. The predicted molar refractivity (Wildman–Crippen MR) is 72.5 cm³/mol. The molecule has 0 unspecified atom stereocenters. The van der Waals surface area contributed by atoms with Crippen LogP contribution in [0.2, 0.25) is 0 Å². The van der Waals surface area contributed by atoms with E-state index in [4.69, 9.17) is 19.9 Å². The first-order chi connectivity index (χ1) is 9.06. The smallest absolute Gasteiger partial charge is 0.344 e. The highest BCUT2D eigenvalue weighted by molar-refractivity contribution is 5.71. The lowest BCUT2D eigenvalue weighted by Crippen LogP contribution is -2.19. The molecule has 0 saturated carbocycles. The van der Waals surface area contributed by atoms with Crippen LogP contribution in [-0.4, -0.2) is 32.3 Å². The van der Waals surface area contributed by atoms with Gasteiger partial charge in [-0.1, -0.05) is 6.07 Å². The van der Waals surface area contributed by atoms with Crippen LogP contribution in [0.3, 0.4) is 0 Å².